The Bertz CT molecular complexity index is 477. The number of halogens is 1. The van der Waals surface area contributed by atoms with Gasteiger partial charge in [0.15, 0.2) is 0 Å². The molecule has 2 N–H and O–H groups in total. The summed E-state index contributed by atoms with van der Waals surface area (Å²) in [5.41, 5.74) is 1.47. The lowest BCUT2D eigenvalue weighted by Crippen LogP contribution is -2.29. The number of anilines is 1. The SMILES string of the molecule is CC(C)(C)C(=O)Nc1ccc2c(c1F)CCNC2. The van der Waals surface area contributed by atoms with Gasteiger partial charge in [-0.15, -0.1) is 0 Å². The van der Waals surface area contributed by atoms with E-state index in [1.807, 2.05) is 26.8 Å². The van der Waals surface area contributed by atoms with Gasteiger partial charge in [0.2, 0.25) is 5.91 Å². The van der Waals surface area contributed by atoms with E-state index in [4.69, 9.17) is 0 Å². The Morgan fingerprint density at radius 1 is 1.39 bits per heavy atom. The maximum Gasteiger partial charge on any atom is 0.229 e. The lowest BCUT2D eigenvalue weighted by Gasteiger charge is -2.22. The molecule has 1 heterocycles. The van der Waals surface area contributed by atoms with E-state index >= 15 is 0 Å². The Labute approximate surface area is 107 Å². The van der Waals surface area contributed by atoms with Crippen LogP contribution in [0.4, 0.5) is 10.1 Å². The summed E-state index contributed by atoms with van der Waals surface area (Å²) in [5.74, 6) is -0.457. The van der Waals surface area contributed by atoms with Gasteiger partial charge in [-0.3, -0.25) is 4.79 Å². The number of benzene rings is 1. The van der Waals surface area contributed by atoms with Crippen molar-refractivity contribution in [3.63, 3.8) is 0 Å². The minimum Gasteiger partial charge on any atom is -0.323 e. The van der Waals surface area contributed by atoms with Gasteiger partial charge in [-0.25, -0.2) is 4.39 Å². The summed E-state index contributed by atoms with van der Waals surface area (Å²) >= 11 is 0. The highest BCUT2D eigenvalue weighted by Gasteiger charge is 2.23. The van der Waals surface area contributed by atoms with E-state index in [9.17, 15) is 9.18 Å². The monoisotopic (exact) mass is 250 g/mol. The molecule has 4 heteroatoms. The van der Waals surface area contributed by atoms with Crippen molar-refractivity contribution < 1.29 is 9.18 Å². The average molecular weight is 250 g/mol. The van der Waals surface area contributed by atoms with Crippen molar-refractivity contribution in [3.8, 4) is 0 Å². The van der Waals surface area contributed by atoms with Crippen LogP contribution < -0.4 is 10.6 Å². The Balaban J connectivity index is 2.27. The van der Waals surface area contributed by atoms with Crippen LogP contribution in [0.2, 0.25) is 0 Å². The zero-order chi connectivity index (χ0) is 13.3. The first-order chi connectivity index (χ1) is 8.39. The molecule has 0 atom stereocenters. The Morgan fingerprint density at radius 3 is 2.78 bits per heavy atom. The lowest BCUT2D eigenvalue weighted by molar-refractivity contribution is -0.123. The van der Waals surface area contributed by atoms with Crippen molar-refractivity contribution in [2.24, 2.45) is 5.41 Å². The topological polar surface area (TPSA) is 41.1 Å². The third kappa shape index (κ3) is 2.53. The molecule has 1 aliphatic rings. The fourth-order valence-corrected chi connectivity index (χ4v) is 1.94. The van der Waals surface area contributed by atoms with Crippen molar-refractivity contribution in [2.75, 3.05) is 11.9 Å². The summed E-state index contributed by atoms with van der Waals surface area (Å²) in [6.07, 6.45) is 0.667. The van der Waals surface area contributed by atoms with Crippen molar-refractivity contribution in [2.45, 2.75) is 33.7 Å². The minimum absolute atomic E-state index is 0.171. The minimum atomic E-state index is -0.524. The van der Waals surface area contributed by atoms with Crippen LogP contribution in [0.3, 0.4) is 0 Å². The summed E-state index contributed by atoms with van der Waals surface area (Å²) in [6, 6.07) is 3.52. The number of rotatable bonds is 1. The molecule has 1 aliphatic heterocycles. The molecule has 2 rings (SSSR count). The van der Waals surface area contributed by atoms with Gasteiger partial charge in [0, 0.05) is 12.0 Å². The molecule has 3 nitrogen and oxygen atoms in total. The van der Waals surface area contributed by atoms with Crippen molar-refractivity contribution in [1.82, 2.24) is 5.32 Å². The molecule has 0 radical (unpaired) electrons. The predicted molar refractivity (Wildman–Crippen MR) is 69.9 cm³/mol. The van der Waals surface area contributed by atoms with Crippen LogP contribution in [0, 0.1) is 11.2 Å². The molecule has 0 bridgehead atoms. The molecule has 0 saturated heterocycles. The lowest BCUT2D eigenvalue weighted by atomic mass is 9.95. The van der Waals surface area contributed by atoms with Crippen molar-refractivity contribution in [1.29, 1.82) is 0 Å². The van der Waals surface area contributed by atoms with Gasteiger partial charge < -0.3 is 10.6 Å². The fourth-order valence-electron chi connectivity index (χ4n) is 1.94. The summed E-state index contributed by atoms with van der Waals surface area (Å²) in [4.78, 5) is 11.9. The molecule has 98 valence electrons. The number of carbonyl (C=O) groups is 1. The van der Waals surface area contributed by atoms with Crippen LogP contribution in [-0.4, -0.2) is 12.5 Å². The highest BCUT2D eigenvalue weighted by atomic mass is 19.1. The van der Waals surface area contributed by atoms with E-state index in [1.54, 1.807) is 6.07 Å². The molecule has 1 amide bonds. The molecule has 1 aromatic rings. The highest BCUT2D eigenvalue weighted by Crippen LogP contribution is 2.26. The Morgan fingerprint density at radius 2 is 2.11 bits per heavy atom. The fraction of sp³-hybridized carbons (Fsp3) is 0.500. The largest absolute Gasteiger partial charge is 0.323 e. The summed E-state index contributed by atoms with van der Waals surface area (Å²) in [6.45, 7) is 6.90. The van der Waals surface area contributed by atoms with Gasteiger partial charge in [0.1, 0.15) is 5.82 Å². The number of fused-ring (bicyclic) bond motifs is 1. The standard InChI is InChI=1S/C14H19FN2O/c1-14(2,3)13(18)17-11-5-4-9-8-16-7-6-10(9)12(11)15/h4-5,16H,6-8H2,1-3H3,(H,17,18). The van der Waals surface area contributed by atoms with Gasteiger partial charge in [-0.1, -0.05) is 26.8 Å². The van der Waals surface area contributed by atoms with Gasteiger partial charge in [0.25, 0.3) is 0 Å². The second-order valence-electron chi connectivity index (χ2n) is 5.70. The molecule has 18 heavy (non-hydrogen) atoms. The summed E-state index contributed by atoms with van der Waals surface area (Å²) in [7, 11) is 0. The third-order valence-corrected chi connectivity index (χ3v) is 3.14. The number of hydrogen-bond donors (Lipinski definition) is 2. The predicted octanol–water partition coefficient (Wildman–Crippen LogP) is 2.46. The van der Waals surface area contributed by atoms with E-state index in [0.29, 0.717) is 13.0 Å². The van der Waals surface area contributed by atoms with Crippen LogP contribution in [0.1, 0.15) is 31.9 Å². The molecular weight excluding hydrogens is 231 g/mol. The zero-order valence-corrected chi connectivity index (χ0v) is 11.1. The molecule has 1 aromatic carbocycles. The maximum absolute atomic E-state index is 14.3. The second-order valence-corrected chi connectivity index (χ2v) is 5.70. The van der Waals surface area contributed by atoms with Crippen molar-refractivity contribution >= 4 is 11.6 Å². The smallest absolute Gasteiger partial charge is 0.229 e. The molecule has 0 fully saturated rings. The number of hydrogen-bond acceptors (Lipinski definition) is 2. The van der Waals surface area contributed by atoms with Gasteiger partial charge in [-0.2, -0.15) is 0 Å². The highest BCUT2D eigenvalue weighted by molar-refractivity contribution is 5.94. The quantitative estimate of drug-likeness (QED) is 0.804. The van der Waals surface area contributed by atoms with Crippen LogP contribution in [-0.2, 0) is 17.8 Å². The van der Waals surface area contributed by atoms with E-state index in [2.05, 4.69) is 10.6 Å². The molecule has 0 aromatic heterocycles. The number of carbonyl (C=O) groups excluding carboxylic acids is 1. The average Bonchev–Trinajstić information content (AvgIpc) is 2.32. The Hall–Kier alpha value is -1.42. The zero-order valence-electron chi connectivity index (χ0n) is 11.1. The summed E-state index contributed by atoms with van der Waals surface area (Å²) in [5, 5.41) is 5.86. The number of amides is 1. The number of nitrogens with one attached hydrogen (secondary N) is 2. The first-order valence-corrected chi connectivity index (χ1v) is 6.22. The first kappa shape index (κ1) is 13.0. The second kappa shape index (κ2) is 4.69. The first-order valence-electron chi connectivity index (χ1n) is 6.22. The molecule has 0 saturated carbocycles. The van der Waals surface area contributed by atoms with Crippen LogP contribution >= 0.6 is 0 Å². The van der Waals surface area contributed by atoms with Gasteiger partial charge >= 0.3 is 0 Å². The third-order valence-electron chi connectivity index (χ3n) is 3.14. The van der Waals surface area contributed by atoms with E-state index in [1.165, 1.54) is 0 Å². The van der Waals surface area contributed by atoms with E-state index in [-0.39, 0.29) is 17.4 Å². The Kier molecular flexibility index (Phi) is 3.39. The molecular formula is C14H19FN2O. The van der Waals surface area contributed by atoms with E-state index < -0.39 is 5.41 Å². The van der Waals surface area contributed by atoms with Gasteiger partial charge in [-0.05, 0) is 30.2 Å². The molecule has 0 aliphatic carbocycles. The van der Waals surface area contributed by atoms with Crippen LogP contribution in [0.5, 0.6) is 0 Å². The van der Waals surface area contributed by atoms with Crippen molar-refractivity contribution in [3.05, 3.63) is 29.1 Å². The summed E-state index contributed by atoms with van der Waals surface area (Å²) < 4.78 is 14.3. The normalized spacial score (nSPS) is 15.1. The van der Waals surface area contributed by atoms with Gasteiger partial charge in [0.05, 0.1) is 5.69 Å². The molecule has 0 spiro atoms. The van der Waals surface area contributed by atoms with Crippen LogP contribution in [0.25, 0.3) is 0 Å². The van der Waals surface area contributed by atoms with E-state index in [0.717, 1.165) is 17.7 Å². The maximum atomic E-state index is 14.3. The van der Waals surface area contributed by atoms with Crippen LogP contribution in [0.15, 0.2) is 12.1 Å². The molecule has 0 unspecified atom stereocenters.